The van der Waals surface area contributed by atoms with Crippen LogP contribution in [0.15, 0.2) is 60.7 Å². The van der Waals surface area contributed by atoms with Gasteiger partial charge in [-0.3, -0.25) is 0 Å². The van der Waals surface area contributed by atoms with Gasteiger partial charge in [0.05, 0.1) is 5.56 Å². The van der Waals surface area contributed by atoms with E-state index in [4.69, 9.17) is 0 Å². The topological polar surface area (TPSA) is 0 Å². The molecule has 0 aliphatic heterocycles. The van der Waals surface area contributed by atoms with E-state index in [1.807, 2.05) is 25.2 Å². The van der Waals surface area contributed by atoms with Crippen LogP contribution in [0.5, 0.6) is 0 Å². The van der Waals surface area contributed by atoms with Crippen LogP contribution >= 0.6 is 0 Å². The van der Waals surface area contributed by atoms with Crippen molar-refractivity contribution in [2.75, 3.05) is 0 Å². The highest BCUT2D eigenvalue weighted by Gasteiger charge is 2.36. The molecule has 0 aromatic heterocycles. The SMILES string of the molecule is CC=C/C(=C/CCc1ccc2c(c1)C(C)(C)CCC2(C)C)c1cccc(C(F)(F)F)c1. The quantitative estimate of drug-likeness (QED) is 0.420. The Balaban J connectivity index is 1.83. The Morgan fingerprint density at radius 3 is 2.26 bits per heavy atom. The van der Waals surface area contributed by atoms with Crippen molar-refractivity contribution < 1.29 is 13.2 Å². The highest BCUT2D eigenvalue weighted by Crippen LogP contribution is 2.46. The molecule has 0 amide bonds. The minimum atomic E-state index is -4.33. The van der Waals surface area contributed by atoms with Crippen molar-refractivity contribution >= 4 is 5.57 Å². The normalized spacial score (nSPS) is 18.3. The van der Waals surface area contributed by atoms with E-state index in [9.17, 15) is 13.2 Å². The molecule has 0 unspecified atom stereocenters. The molecular formula is C28H33F3. The highest BCUT2D eigenvalue weighted by atomic mass is 19.4. The summed E-state index contributed by atoms with van der Waals surface area (Å²) in [5.41, 5.74) is 5.36. The van der Waals surface area contributed by atoms with E-state index in [0.29, 0.717) is 5.56 Å². The van der Waals surface area contributed by atoms with Crippen molar-refractivity contribution in [1.29, 1.82) is 0 Å². The van der Waals surface area contributed by atoms with Gasteiger partial charge in [0.25, 0.3) is 0 Å². The molecule has 0 spiro atoms. The molecule has 166 valence electrons. The van der Waals surface area contributed by atoms with E-state index in [0.717, 1.165) is 24.5 Å². The highest BCUT2D eigenvalue weighted by molar-refractivity contribution is 5.74. The van der Waals surface area contributed by atoms with Crippen LogP contribution in [0.2, 0.25) is 0 Å². The summed E-state index contributed by atoms with van der Waals surface area (Å²) >= 11 is 0. The number of aryl methyl sites for hydroxylation is 1. The summed E-state index contributed by atoms with van der Waals surface area (Å²) in [5.74, 6) is 0. The molecule has 1 aliphatic rings. The first-order valence-corrected chi connectivity index (χ1v) is 11.1. The first kappa shape index (κ1) is 23.4. The Morgan fingerprint density at radius 1 is 0.935 bits per heavy atom. The lowest BCUT2D eigenvalue weighted by Crippen LogP contribution is -2.33. The molecule has 0 saturated carbocycles. The molecule has 3 rings (SSSR count). The lowest BCUT2D eigenvalue weighted by Gasteiger charge is -2.42. The van der Waals surface area contributed by atoms with Crippen molar-refractivity contribution in [2.24, 2.45) is 0 Å². The molecule has 0 radical (unpaired) electrons. The van der Waals surface area contributed by atoms with Crippen LogP contribution in [-0.2, 0) is 23.4 Å². The van der Waals surface area contributed by atoms with Gasteiger partial charge in [0.1, 0.15) is 0 Å². The second-order valence-electron chi connectivity index (χ2n) is 9.92. The van der Waals surface area contributed by atoms with Crippen LogP contribution in [0.3, 0.4) is 0 Å². The minimum Gasteiger partial charge on any atom is -0.166 e. The van der Waals surface area contributed by atoms with Gasteiger partial charge in [0.2, 0.25) is 0 Å². The molecule has 0 bridgehead atoms. The predicted octanol–water partition coefficient (Wildman–Crippen LogP) is 8.65. The van der Waals surface area contributed by atoms with Crippen molar-refractivity contribution in [3.05, 3.63) is 88.5 Å². The van der Waals surface area contributed by atoms with Crippen molar-refractivity contribution in [3.63, 3.8) is 0 Å². The number of rotatable bonds is 5. The second-order valence-corrected chi connectivity index (χ2v) is 9.92. The molecule has 0 atom stereocenters. The molecule has 0 saturated heterocycles. The van der Waals surface area contributed by atoms with Crippen LogP contribution < -0.4 is 0 Å². The predicted molar refractivity (Wildman–Crippen MR) is 124 cm³/mol. The third-order valence-electron chi connectivity index (χ3n) is 6.58. The van der Waals surface area contributed by atoms with E-state index in [-0.39, 0.29) is 10.8 Å². The average Bonchev–Trinajstić information content (AvgIpc) is 2.70. The minimum absolute atomic E-state index is 0.171. The Kier molecular flexibility index (Phi) is 6.55. The van der Waals surface area contributed by atoms with Crippen LogP contribution in [0.4, 0.5) is 13.2 Å². The van der Waals surface area contributed by atoms with Gasteiger partial charge < -0.3 is 0 Å². The molecular weight excluding hydrogens is 393 g/mol. The summed E-state index contributed by atoms with van der Waals surface area (Å²) < 4.78 is 39.3. The second kappa shape index (κ2) is 8.68. The molecule has 0 N–H and O–H groups in total. The Labute approximate surface area is 184 Å². The zero-order chi connectivity index (χ0) is 22.9. The van der Waals surface area contributed by atoms with Gasteiger partial charge in [-0.25, -0.2) is 0 Å². The van der Waals surface area contributed by atoms with Crippen LogP contribution in [-0.4, -0.2) is 0 Å². The zero-order valence-corrected chi connectivity index (χ0v) is 19.2. The number of hydrogen-bond acceptors (Lipinski definition) is 0. The number of halogens is 3. The molecule has 0 fully saturated rings. The van der Waals surface area contributed by atoms with Crippen molar-refractivity contribution in [3.8, 4) is 0 Å². The molecule has 31 heavy (non-hydrogen) atoms. The Hall–Kier alpha value is -2.29. The van der Waals surface area contributed by atoms with Gasteiger partial charge in [-0.1, -0.05) is 76.3 Å². The average molecular weight is 427 g/mol. The molecule has 1 aliphatic carbocycles. The summed E-state index contributed by atoms with van der Waals surface area (Å²) in [4.78, 5) is 0. The Morgan fingerprint density at radius 2 is 1.61 bits per heavy atom. The van der Waals surface area contributed by atoms with E-state index in [1.165, 1.54) is 41.7 Å². The fourth-order valence-corrected chi connectivity index (χ4v) is 4.52. The zero-order valence-electron chi connectivity index (χ0n) is 19.2. The summed E-state index contributed by atoms with van der Waals surface area (Å²) in [6, 6.07) is 12.4. The van der Waals surface area contributed by atoms with Crippen LogP contribution in [0, 0.1) is 0 Å². The number of alkyl halides is 3. The summed E-state index contributed by atoms with van der Waals surface area (Å²) in [6.07, 6.45) is 5.48. The standard InChI is InChI=1S/C28H33F3/c1-6-9-21(22-12-8-13-23(19-22)28(29,30)31)11-7-10-20-14-15-24-25(18-20)27(4,5)17-16-26(24,2)3/h6,8-9,11-15,18-19H,7,10,16-17H2,1-5H3/b9-6?,21-11-. The molecule has 2 aromatic carbocycles. The van der Waals surface area contributed by atoms with Crippen molar-refractivity contribution in [1.82, 2.24) is 0 Å². The van der Waals surface area contributed by atoms with Crippen LogP contribution in [0.25, 0.3) is 5.57 Å². The van der Waals surface area contributed by atoms with E-state index < -0.39 is 11.7 Å². The van der Waals surface area contributed by atoms with Gasteiger partial charge >= 0.3 is 6.18 Å². The monoisotopic (exact) mass is 426 g/mol. The van der Waals surface area contributed by atoms with Gasteiger partial charge in [0, 0.05) is 0 Å². The van der Waals surface area contributed by atoms with E-state index >= 15 is 0 Å². The smallest absolute Gasteiger partial charge is 0.166 e. The maximum atomic E-state index is 13.1. The molecule has 2 aromatic rings. The number of allylic oxidation sites excluding steroid dienone is 4. The largest absolute Gasteiger partial charge is 0.416 e. The maximum absolute atomic E-state index is 13.1. The summed E-state index contributed by atoms with van der Waals surface area (Å²) in [5, 5.41) is 0. The number of benzene rings is 2. The fourth-order valence-electron chi connectivity index (χ4n) is 4.52. The lowest BCUT2D eigenvalue weighted by atomic mass is 9.63. The summed E-state index contributed by atoms with van der Waals surface area (Å²) in [6.45, 7) is 11.2. The van der Waals surface area contributed by atoms with Crippen LogP contribution in [0.1, 0.15) is 81.7 Å². The third-order valence-corrected chi connectivity index (χ3v) is 6.58. The number of hydrogen-bond donors (Lipinski definition) is 0. The van der Waals surface area contributed by atoms with E-state index in [2.05, 4.69) is 45.9 Å². The Bertz CT molecular complexity index is 988. The van der Waals surface area contributed by atoms with Gasteiger partial charge in [-0.2, -0.15) is 13.2 Å². The molecule has 0 nitrogen and oxygen atoms in total. The fraction of sp³-hybridized carbons (Fsp3) is 0.429. The van der Waals surface area contributed by atoms with Gasteiger partial charge in [-0.05, 0) is 83.4 Å². The van der Waals surface area contributed by atoms with Gasteiger partial charge in [-0.15, -0.1) is 0 Å². The lowest BCUT2D eigenvalue weighted by molar-refractivity contribution is -0.137. The maximum Gasteiger partial charge on any atom is 0.416 e. The van der Waals surface area contributed by atoms with Gasteiger partial charge in [0.15, 0.2) is 0 Å². The molecule has 0 heterocycles. The summed E-state index contributed by atoms with van der Waals surface area (Å²) in [7, 11) is 0. The number of fused-ring (bicyclic) bond motifs is 1. The first-order chi connectivity index (χ1) is 14.4. The van der Waals surface area contributed by atoms with Crippen molar-refractivity contribution in [2.45, 2.75) is 77.3 Å². The molecule has 3 heteroatoms. The third kappa shape index (κ3) is 5.31. The first-order valence-electron chi connectivity index (χ1n) is 11.1. The van der Waals surface area contributed by atoms with E-state index in [1.54, 1.807) is 6.07 Å².